The maximum Gasteiger partial charge on any atom is 0.318 e. The number of hydroxylamine groups is 2. The predicted octanol–water partition coefficient (Wildman–Crippen LogP) is 3.26. The number of hydrogen-bond donors (Lipinski definition) is 1. The molecule has 112 valence electrons. The van der Waals surface area contributed by atoms with Crippen LogP contribution in [0, 0.1) is 11.8 Å². The largest absolute Gasteiger partial charge is 0.461 e. The molecule has 0 aromatic heterocycles. The first-order valence-electron chi connectivity index (χ1n) is 7.05. The third-order valence-corrected chi connectivity index (χ3v) is 4.34. The van der Waals surface area contributed by atoms with Crippen LogP contribution in [0.4, 0.5) is 0 Å². The van der Waals surface area contributed by atoms with Crippen LogP contribution in [0.15, 0.2) is 0 Å². The highest BCUT2D eigenvalue weighted by molar-refractivity contribution is 14.1. The molecule has 0 spiro atoms. The molecule has 1 N–H and O–H groups in total. The molecule has 0 bridgehead atoms. The van der Waals surface area contributed by atoms with E-state index in [1.165, 1.54) is 5.06 Å². The molecule has 0 radical (unpaired) electrons. The lowest BCUT2D eigenvalue weighted by Crippen LogP contribution is -2.54. The Morgan fingerprint density at radius 2 is 1.58 bits per heavy atom. The second kappa shape index (κ2) is 7.22. The summed E-state index contributed by atoms with van der Waals surface area (Å²) < 4.78 is 5.45. The molecule has 1 fully saturated rings. The van der Waals surface area contributed by atoms with Crippen molar-refractivity contribution >= 4 is 28.6 Å². The third-order valence-electron chi connectivity index (χ3n) is 3.84. The number of hydrogen-bond acceptors (Lipinski definition) is 4. The van der Waals surface area contributed by atoms with E-state index in [1.54, 1.807) is 0 Å². The molecule has 0 saturated carbocycles. The monoisotopic (exact) mass is 383 g/mol. The molecule has 19 heavy (non-hydrogen) atoms. The number of esters is 1. The maximum absolute atomic E-state index is 11.7. The molecule has 3 atom stereocenters. The number of halogens is 1. The number of piperidine rings is 1. The topological polar surface area (TPSA) is 49.8 Å². The van der Waals surface area contributed by atoms with Crippen molar-refractivity contribution in [1.29, 1.82) is 0 Å². The van der Waals surface area contributed by atoms with Crippen LogP contribution in [0.3, 0.4) is 0 Å². The van der Waals surface area contributed by atoms with Crippen LogP contribution in [-0.2, 0) is 9.53 Å². The molecule has 0 aromatic rings. The van der Waals surface area contributed by atoms with Crippen molar-refractivity contribution in [3.05, 3.63) is 0 Å². The highest BCUT2D eigenvalue weighted by Gasteiger charge is 2.39. The van der Waals surface area contributed by atoms with Crippen molar-refractivity contribution in [2.75, 3.05) is 0 Å². The molecule has 1 rings (SSSR count). The number of carbonyl (C=O) groups is 1. The molecule has 1 heterocycles. The van der Waals surface area contributed by atoms with Gasteiger partial charge in [-0.3, -0.25) is 4.79 Å². The number of nitrogens with zero attached hydrogens (tertiary/aromatic N) is 1. The minimum Gasteiger partial charge on any atom is -0.461 e. The van der Waals surface area contributed by atoms with Crippen LogP contribution in [0.1, 0.15) is 47.5 Å². The second-order valence-electron chi connectivity index (χ2n) is 6.15. The normalized spacial score (nSPS) is 30.7. The SMILES string of the molecule is CC(I)C(=O)OC1CC(C(C)C)N(O)C(C(C)C)C1. The lowest BCUT2D eigenvalue weighted by Gasteiger charge is -2.44. The van der Waals surface area contributed by atoms with Crippen molar-refractivity contribution < 1.29 is 14.7 Å². The van der Waals surface area contributed by atoms with Crippen LogP contribution in [0.25, 0.3) is 0 Å². The Morgan fingerprint density at radius 1 is 1.16 bits per heavy atom. The average molecular weight is 383 g/mol. The number of rotatable bonds is 4. The summed E-state index contributed by atoms with van der Waals surface area (Å²) in [5.41, 5.74) is 0. The first kappa shape index (κ1) is 17.2. The lowest BCUT2D eigenvalue weighted by atomic mass is 9.85. The highest BCUT2D eigenvalue weighted by atomic mass is 127. The van der Waals surface area contributed by atoms with Gasteiger partial charge >= 0.3 is 5.97 Å². The zero-order valence-corrected chi connectivity index (χ0v) is 14.6. The first-order chi connectivity index (χ1) is 8.73. The Kier molecular flexibility index (Phi) is 6.53. The molecule has 1 aliphatic rings. The van der Waals surface area contributed by atoms with Crippen LogP contribution in [0.2, 0.25) is 0 Å². The van der Waals surface area contributed by atoms with Crippen molar-refractivity contribution in [3.63, 3.8) is 0 Å². The molecule has 4 nitrogen and oxygen atoms in total. The summed E-state index contributed by atoms with van der Waals surface area (Å²) in [6.45, 7) is 10.2. The Morgan fingerprint density at radius 3 is 1.89 bits per heavy atom. The Balaban J connectivity index is 2.76. The summed E-state index contributed by atoms with van der Waals surface area (Å²) in [5.74, 6) is 0.525. The minimum absolute atomic E-state index is 0.0588. The smallest absolute Gasteiger partial charge is 0.318 e. The number of carbonyl (C=O) groups excluding carboxylic acids is 1. The molecule has 3 unspecified atom stereocenters. The van der Waals surface area contributed by atoms with Crippen molar-refractivity contribution in [2.45, 2.75) is 69.6 Å². The van der Waals surface area contributed by atoms with Gasteiger partial charge in [0.2, 0.25) is 0 Å². The van der Waals surface area contributed by atoms with Gasteiger partial charge in [-0.1, -0.05) is 50.3 Å². The summed E-state index contributed by atoms with van der Waals surface area (Å²) in [6, 6.07) is 0.118. The zero-order valence-electron chi connectivity index (χ0n) is 12.5. The van der Waals surface area contributed by atoms with Crippen molar-refractivity contribution in [1.82, 2.24) is 5.06 Å². The molecule has 1 aliphatic heterocycles. The molecule has 0 aromatic carbocycles. The summed E-state index contributed by atoms with van der Waals surface area (Å²) in [7, 11) is 0. The lowest BCUT2D eigenvalue weighted by molar-refractivity contribution is -0.218. The van der Waals surface area contributed by atoms with Gasteiger partial charge in [0.15, 0.2) is 0 Å². The standard InChI is InChI=1S/C14H26INO3/c1-8(2)12-6-11(19-14(17)10(5)15)7-13(9(3)4)16(12)18/h8-13,18H,6-7H2,1-5H3. The fourth-order valence-corrected chi connectivity index (χ4v) is 2.75. The molecule has 5 heteroatoms. The van der Waals surface area contributed by atoms with Crippen LogP contribution in [0.5, 0.6) is 0 Å². The van der Waals surface area contributed by atoms with E-state index < -0.39 is 0 Å². The first-order valence-corrected chi connectivity index (χ1v) is 8.30. The Bertz CT molecular complexity index is 289. The average Bonchev–Trinajstić information content (AvgIpc) is 2.30. The molecule has 0 amide bonds. The number of ether oxygens (including phenoxy) is 1. The van der Waals surface area contributed by atoms with E-state index >= 15 is 0 Å². The quantitative estimate of drug-likeness (QED) is 0.460. The van der Waals surface area contributed by atoms with Gasteiger partial charge in [0.1, 0.15) is 10.0 Å². The minimum atomic E-state index is -0.151. The van der Waals surface area contributed by atoms with Gasteiger partial charge in [-0.2, -0.15) is 5.06 Å². The molecule has 0 aliphatic carbocycles. The van der Waals surface area contributed by atoms with Crippen LogP contribution >= 0.6 is 22.6 Å². The fraction of sp³-hybridized carbons (Fsp3) is 0.929. The Labute approximate surface area is 130 Å². The highest BCUT2D eigenvalue weighted by Crippen LogP contribution is 2.31. The van der Waals surface area contributed by atoms with Gasteiger partial charge in [0, 0.05) is 24.9 Å². The molecule has 1 saturated heterocycles. The van der Waals surface area contributed by atoms with Gasteiger partial charge in [-0.05, 0) is 18.8 Å². The van der Waals surface area contributed by atoms with E-state index in [1.807, 2.05) is 6.92 Å². The summed E-state index contributed by atoms with van der Waals surface area (Å²) in [4.78, 5) is 11.7. The molecular weight excluding hydrogens is 357 g/mol. The summed E-state index contributed by atoms with van der Waals surface area (Å²) >= 11 is 2.07. The van der Waals surface area contributed by atoms with Gasteiger partial charge in [-0.15, -0.1) is 0 Å². The summed E-state index contributed by atoms with van der Waals surface area (Å²) in [5, 5.41) is 11.8. The van der Waals surface area contributed by atoms with E-state index in [-0.39, 0.29) is 28.1 Å². The van der Waals surface area contributed by atoms with E-state index in [0.29, 0.717) is 24.7 Å². The van der Waals surface area contributed by atoms with E-state index in [0.717, 1.165) is 0 Å². The maximum atomic E-state index is 11.7. The predicted molar refractivity (Wildman–Crippen MR) is 83.5 cm³/mol. The Hall–Kier alpha value is 0.120. The van der Waals surface area contributed by atoms with Gasteiger partial charge in [-0.25, -0.2) is 0 Å². The fourth-order valence-electron chi connectivity index (χ4n) is 2.61. The van der Waals surface area contributed by atoms with E-state index in [9.17, 15) is 10.0 Å². The van der Waals surface area contributed by atoms with Gasteiger partial charge in [0.05, 0.1) is 0 Å². The molecular formula is C14H26INO3. The third kappa shape index (κ3) is 4.56. The van der Waals surface area contributed by atoms with Gasteiger partial charge in [0.25, 0.3) is 0 Å². The van der Waals surface area contributed by atoms with E-state index in [2.05, 4.69) is 50.3 Å². The van der Waals surface area contributed by atoms with Crippen LogP contribution < -0.4 is 0 Å². The summed E-state index contributed by atoms with van der Waals surface area (Å²) in [6.07, 6.45) is 1.35. The van der Waals surface area contributed by atoms with Crippen LogP contribution in [-0.4, -0.2) is 38.4 Å². The van der Waals surface area contributed by atoms with Crippen molar-refractivity contribution in [3.8, 4) is 0 Å². The van der Waals surface area contributed by atoms with E-state index in [4.69, 9.17) is 4.74 Å². The second-order valence-corrected chi connectivity index (χ2v) is 8.02. The van der Waals surface area contributed by atoms with Crippen molar-refractivity contribution in [2.24, 2.45) is 11.8 Å². The zero-order chi connectivity index (χ0) is 14.7. The number of alkyl halides is 1. The van der Waals surface area contributed by atoms with Gasteiger partial charge < -0.3 is 9.94 Å².